The molecular formula is C13H22N2O2S. The third-order valence-corrected chi connectivity index (χ3v) is 4.29. The summed E-state index contributed by atoms with van der Waals surface area (Å²) in [5, 5.41) is 0. The molecule has 0 aliphatic carbocycles. The van der Waals surface area contributed by atoms with E-state index < -0.39 is 9.84 Å². The lowest BCUT2D eigenvalue weighted by Gasteiger charge is -2.27. The van der Waals surface area contributed by atoms with Gasteiger partial charge in [0, 0.05) is 25.4 Å². The van der Waals surface area contributed by atoms with Crippen molar-refractivity contribution in [1.29, 1.82) is 0 Å². The molecule has 4 nitrogen and oxygen atoms in total. The monoisotopic (exact) mass is 270 g/mol. The quantitative estimate of drug-likeness (QED) is 0.849. The fourth-order valence-corrected chi connectivity index (χ4v) is 2.63. The highest BCUT2D eigenvalue weighted by Crippen LogP contribution is 2.21. The van der Waals surface area contributed by atoms with Gasteiger partial charge in [0.25, 0.3) is 0 Å². The van der Waals surface area contributed by atoms with Gasteiger partial charge in [-0.15, -0.1) is 0 Å². The van der Waals surface area contributed by atoms with Crippen LogP contribution in [0.1, 0.15) is 25.5 Å². The van der Waals surface area contributed by atoms with Crippen LogP contribution in [-0.2, 0) is 9.84 Å². The summed E-state index contributed by atoms with van der Waals surface area (Å²) in [5.41, 5.74) is 6.69. The molecule has 0 aliphatic heterocycles. The van der Waals surface area contributed by atoms with Crippen LogP contribution in [0.2, 0.25) is 0 Å². The molecule has 1 unspecified atom stereocenters. The molecule has 0 saturated heterocycles. The number of nitrogens with two attached hydrogens (primary N) is 1. The topological polar surface area (TPSA) is 63.4 Å². The van der Waals surface area contributed by atoms with Crippen LogP contribution in [-0.4, -0.2) is 39.2 Å². The highest BCUT2D eigenvalue weighted by Gasteiger charge is 2.14. The maximum atomic E-state index is 11.4. The van der Waals surface area contributed by atoms with Gasteiger partial charge in [-0.3, -0.25) is 4.90 Å². The van der Waals surface area contributed by atoms with Crippen molar-refractivity contribution < 1.29 is 8.42 Å². The SMILES string of the molecule is CCN(CCN)C(C)c1ccc(S(C)(=O)=O)cc1. The zero-order valence-electron chi connectivity index (χ0n) is 11.3. The van der Waals surface area contributed by atoms with E-state index in [1.165, 1.54) is 6.26 Å². The van der Waals surface area contributed by atoms with Crippen LogP contribution in [0.25, 0.3) is 0 Å². The van der Waals surface area contributed by atoms with Crippen LogP contribution in [0.15, 0.2) is 29.2 Å². The first-order valence-corrected chi connectivity index (χ1v) is 8.03. The molecule has 0 fully saturated rings. The highest BCUT2D eigenvalue weighted by molar-refractivity contribution is 7.90. The lowest BCUT2D eigenvalue weighted by Crippen LogP contribution is -2.31. The molecule has 0 radical (unpaired) electrons. The Labute approximate surface area is 110 Å². The molecule has 0 bridgehead atoms. The minimum Gasteiger partial charge on any atom is -0.329 e. The van der Waals surface area contributed by atoms with Crippen molar-refractivity contribution >= 4 is 9.84 Å². The summed E-state index contributed by atoms with van der Waals surface area (Å²) in [6, 6.07) is 7.32. The summed E-state index contributed by atoms with van der Waals surface area (Å²) in [6.45, 7) is 6.59. The van der Waals surface area contributed by atoms with Gasteiger partial charge in [-0.25, -0.2) is 8.42 Å². The van der Waals surface area contributed by atoms with Crippen molar-refractivity contribution in [1.82, 2.24) is 4.90 Å². The van der Waals surface area contributed by atoms with E-state index in [0.717, 1.165) is 18.7 Å². The minimum absolute atomic E-state index is 0.243. The predicted octanol–water partition coefficient (Wildman–Crippen LogP) is 1.43. The number of hydrogen-bond donors (Lipinski definition) is 1. The largest absolute Gasteiger partial charge is 0.329 e. The van der Waals surface area contributed by atoms with Crippen LogP contribution in [0.5, 0.6) is 0 Å². The van der Waals surface area contributed by atoms with E-state index in [0.29, 0.717) is 11.4 Å². The van der Waals surface area contributed by atoms with Crippen molar-refractivity contribution in [2.75, 3.05) is 25.9 Å². The third kappa shape index (κ3) is 3.80. The Morgan fingerprint density at radius 2 is 1.83 bits per heavy atom. The summed E-state index contributed by atoms with van der Waals surface area (Å²) < 4.78 is 22.8. The van der Waals surface area contributed by atoms with E-state index in [9.17, 15) is 8.42 Å². The number of hydrogen-bond acceptors (Lipinski definition) is 4. The molecule has 0 heterocycles. The molecule has 1 aromatic carbocycles. The lowest BCUT2D eigenvalue weighted by molar-refractivity contribution is 0.228. The van der Waals surface area contributed by atoms with Crippen LogP contribution in [0.4, 0.5) is 0 Å². The summed E-state index contributed by atoms with van der Waals surface area (Å²) >= 11 is 0. The van der Waals surface area contributed by atoms with Crippen molar-refractivity contribution in [2.24, 2.45) is 5.73 Å². The molecule has 0 aliphatic rings. The fourth-order valence-electron chi connectivity index (χ4n) is 2.00. The second kappa shape index (κ2) is 6.31. The Hall–Kier alpha value is -0.910. The smallest absolute Gasteiger partial charge is 0.175 e. The van der Waals surface area contributed by atoms with Gasteiger partial charge in [-0.1, -0.05) is 19.1 Å². The van der Waals surface area contributed by atoms with Gasteiger partial charge in [-0.05, 0) is 31.2 Å². The molecule has 102 valence electrons. The van der Waals surface area contributed by atoms with Gasteiger partial charge < -0.3 is 5.73 Å². The predicted molar refractivity (Wildman–Crippen MR) is 74.3 cm³/mol. The van der Waals surface area contributed by atoms with E-state index in [4.69, 9.17) is 5.73 Å². The summed E-state index contributed by atoms with van der Waals surface area (Å²) in [6.07, 6.45) is 1.22. The normalized spacial score (nSPS) is 13.8. The zero-order valence-corrected chi connectivity index (χ0v) is 12.1. The van der Waals surface area contributed by atoms with Gasteiger partial charge in [0.15, 0.2) is 9.84 Å². The van der Waals surface area contributed by atoms with Gasteiger partial charge in [-0.2, -0.15) is 0 Å². The maximum absolute atomic E-state index is 11.4. The lowest BCUT2D eigenvalue weighted by atomic mass is 10.1. The fraction of sp³-hybridized carbons (Fsp3) is 0.538. The van der Waals surface area contributed by atoms with E-state index in [1.807, 2.05) is 12.1 Å². The molecule has 0 saturated carbocycles. The second-order valence-electron chi connectivity index (χ2n) is 4.43. The van der Waals surface area contributed by atoms with Crippen LogP contribution in [0, 0.1) is 0 Å². The molecule has 2 N–H and O–H groups in total. The molecule has 1 atom stereocenters. The van der Waals surface area contributed by atoms with E-state index in [2.05, 4.69) is 18.7 Å². The molecule has 5 heteroatoms. The van der Waals surface area contributed by atoms with Gasteiger partial charge >= 0.3 is 0 Å². The molecule has 0 aromatic heterocycles. The maximum Gasteiger partial charge on any atom is 0.175 e. The Morgan fingerprint density at radius 1 is 1.28 bits per heavy atom. The molecular weight excluding hydrogens is 248 g/mol. The van der Waals surface area contributed by atoms with E-state index in [-0.39, 0.29) is 6.04 Å². The van der Waals surface area contributed by atoms with Crippen LogP contribution in [0.3, 0.4) is 0 Å². The third-order valence-electron chi connectivity index (χ3n) is 3.16. The Kier molecular flexibility index (Phi) is 5.31. The first-order valence-electron chi connectivity index (χ1n) is 6.14. The Morgan fingerprint density at radius 3 is 2.22 bits per heavy atom. The van der Waals surface area contributed by atoms with Gasteiger partial charge in [0.2, 0.25) is 0 Å². The summed E-state index contributed by atoms with van der Waals surface area (Å²) in [7, 11) is -3.11. The molecule has 0 amide bonds. The van der Waals surface area contributed by atoms with Gasteiger partial charge in [0.05, 0.1) is 4.90 Å². The minimum atomic E-state index is -3.11. The standard InChI is InChI=1S/C13H22N2O2S/c1-4-15(10-9-14)11(2)12-5-7-13(8-6-12)18(3,16)17/h5-8,11H,4,9-10,14H2,1-3H3. The van der Waals surface area contributed by atoms with Crippen molar-refractivity contribution in [3.63, 3.8) is 0 Å². The average molecular weight is 270 g/mol. The Bertz CT molecular complexity index is 468. The first-order chi connectivity index (χ1) is 8.40. The van der Waals surface area contributed by atoms with E-state index in [1.54, 1.807) is 12.1 Å². The second-order valence-corrected chi connectivity index (χ2v) is 6.45. The van der Waals surface area contributed by atoms with E-state index >= 15 is 0 Å². The first kappa shape index (κ1) is 15.1. The summed E-state index contributed by atoms with van der Waals surface area (Å²) in [5.74, 6) is 0. The zero-order chi connectivity index (χ0) is 13.8. The number of likely N-dealkylation sites (N-methyl/N-ethyl adjacent to an activating group) is 1. The molecule has 1 aromatic rings. The van der Waals surface area contributed by atoms with Crippen molar-refractivity contribution in [2.45, 2.75) is 24.8 Å². The molecule has 0 spiro atoms. The number of sulfone groups is 1. The number of rotatable bonds is 6. The van der Waals surface area contributed by atoms with Crippen molar-refractivity contribution in [3.8, 4) is 0 Å². The van der Waals surface area contributed by atoms with Crippen molar-refractivity contribution in [3.05, 3.63) is 29.8 Å². The van der Waals surface area contributed by atoms with Crippen LogP contribution >= 0.6 is 0 Å². The number of benzene rings is 1. The molecule has 18 heavy (non-hydrogen) atoms. The van der Waals surface area contributed by atoms with Crippen LogP contribution < -0.4 is 5.73 Å². The molecule has 1 rings (SSSR count). The number of nitrogens with zero attached hydrogens (tertiary/aromatic N) is 1. The summed E-state index contributed by atoms with van der Waals surface area (Å²) in [4.78, 5) is 2.62. The average Bonchev–Trinajstić information content (AvgIpc) is 2.34. The van der Waals surface area contributed by atoms with Gasteiger partial charge in [0.1, 0.15) is 0 Å². The Balaban J connectivity index is 2.91. The highest BCUT2D eigenvalue weighted by atomic mass is 32.2.